The highest BCUT2D eigenvalue weighted by atomic mass is 127. The zero-order valence-corrected chi connectivity index (χ0v) is 17.4. The van der Waals surface area contributed by atoms with Crippen LogP contribution in [0.3, 0.4) is 0 Å². The van der Waals surface area contributed by atoms with E-state index in [0.717, 1.165) is 24.0 Å². The molecule has 1 aliphatic rings. The van der Waals surface area contributed by atoms with Gasteiger partial charge in [-0.15, -0.1) is 24.0 Å². The molecule has 2 aromatic rings. The van der Waals surface area contributed by atoms with Gasteiger partial charge in [0.25, 0.3) is 0 Å². The number of fused-ring (bicyclic) bond motifs is 1. The number of aliphatic imine (C=N–C) groups is 1. The monoisotopic (exact) mass is 488 g/mol. The van der Waals surface area contributed by atoms with Crippen molar-refractivity contribution in [3.05, 3.63) is 53.9 Å². The molecule has 9 heteroatoms. The quantitative estimate of drug-likeness (QED) is 0.388. The van der Waals surface area contributed by atoms with Crippen LogP contribution in [0.4, 0.5) is 0 Å². The topological polar surface area (TPSA) is 107 Å². The fourth-order valence-electron chi connectivity index (χ4n) is 2.76. The van der Waals surface area contributed by atoms with Crippen LogP contribution in [0.15, 0.2) is 52.5 Å². The first kappa shape index (κ1) is 20.4. The highest BCUT2D eigenvalue weighted by molar-refractivity contribution is 14.0. The van der Waals surface area contributed by atoms with E-state index in [4.69, 9.17) is 10.5 Å². The number of ether oxygens (including phenoxy) is 1. The molecule has 140 valence electrons. The molecular weight excluding hydrogens is 467 g/mol. The molecule has 26 heavy (non-hydrogen) atoms. The summed E-state index contributed by atoms with van der Waals surface area (Å²) >= 11 is 0. The third-order valence-corrected chi connectivity index (χ3v) is 5.10. The second-order valence-electron chi connectivity index (χ2n) is 5.79. The SMILES string of the molecule is CS(=O)(=O)c1cccnc1CN=C(N)NC1CCOc2ccccc21.I. The van der Waals surface area contributed by atoms with Crippen molar-refractivity contribution in [2.24, 2.45) is 10.7 Å². The van der Waals surface area contributed by atoms with E-state index in [1.807, 2.05) is 24.3 Å². The molecule has 1 aliphatic heterocycles. The first-order valence-electron chi connectivity index (χ1n) is 7.87. The first-order valence-corrected chi connectivity index (χ1v) is 9.76. The summed E-state index contributed by atoms with van der Waals surface area (Å²) in [5.41, 5.74) is 7.40. The van der Waals surface area contributed by atoms with Crippen LogP contribution in [-0.4, -0.2) is 32.2 Å². The summed E-state index contributed by atoms with van der Waals surface area (Å²) in [5, 5.41) is 3.17. The van der Waals surface area contributed by atoms with Gasteiger partial charge in [0, 0.05) is 24.4 Å². The number of para-hydroxylation sites is 1. The van der Waals surface area contributed by atoms with Crippen molar-refractivity contribution in [2.75, 3.05) is 12.9 Å². The maximum Gasteiger partial charge on any atom is 0.189 e. The van der Waals surface area contributed by atoms with Gasteiger partial charge in [-0.1, -0.05) is 18.2 Å². The summed E-state index contributed by atoms with van der Waals surface area (Å²) in [7, 11) is -3.36. The Kier molecular flexibility index (Phi) is 6.81. The molecular formula is C17H21IN4O3S. The fourth-order valence-corrected chi connectivity index (χ4v) is 3.63. The number of nitrogens with zero attached hydrogens (tertiary/aromatic N) is 2. The summed E-state index contributed by atoms with van der Waals surface area (Å²) in [4.78, 5) is 8.53. The van der Waals surface area contributed by atoms with Crippen molar-refractivity contribution in [3.63, 3.8) is 0 Å². The molecule has 3 N–H and O–H groups in total. The number of hydrogen-bond acceptors (Lipinski definition) is 5. The molecule has 0 fully saturated rings. The van der Waals surface area contributed by atoms with Crippen molar-refractivity contribution in [3.8, 4) is 5.75 Å². The van der Waals surface area contributed by atoms with E-state index < -0.39 is 9.84 Å². The average Bonchev–Trinajstić information content (AvgIpc) is 2.60. The molecule has 0 spiro atoms. The van der Waals surface area contributed by atoms with E-state index in [9.17, 15) is 8.42 Å². The van der Waals surface area contributed by atoms with Crippen LogP contribution in [0, 0.1) is 0 Å². The van der Waals surface area contributed by atoms with Gasteiger partial charge in [0.05, 0.1) is 29.8 Å². The van der Waals surface area contributed by atoms with Crippen LogP contribution < -0.4 is 15.8 Å². The van der Waals surface area contributed by atoms with Crippen LogP contribution in [0.1, 0.15) is 23.7 Å². The maximum atomic E-state index is 11.8. The van der Waals surface area contributed by atoms with Crippen LogP contribution >= 0.6 is 24.0 Å². The maximum absolute atomic E-state index is 11.8. The van der Waals surface area contributed by atoms with Crippen molar-refractivity contribution >= 4 is 39.8 Å². The summed E-state index contributed by atoms with van der Waals surface area (Å²) in [6, 6.07) is 10.9. The highest BCUT2D eigenvalue weighted by Crippen LogP contribution is 2.31. The standard InChI is InChI=1S/C17H20N4O3S.HI/c1-25(22,23)16-7-4-9-19-14(16)11-20-17(18)21-13-8-10-24-15-6-3-2-5-12(13)15;/h2-7,9,13H,8,10-11H2,1H3,(H3,18,20,21);1H. The molecule has 7 nitrogen and oxygen atoms in total. The number of hydrogen-bond donors (Lipinski definition) is 2. The molecule has 0 bridgehead atoms. The van der Waals surface area contributed by atoms with E-state index in [0.29, 0.717) is 12.3 Å². The predicted octanol–water partition coefficient (Wildman–Crippen LogP) is 2.03. The fraction of sp³-hybridized carbons (Fsp3) is 0.294. The van der Waals surface area contributed by atoms with Gasteiger partial charge in [0.15, 0.2) is 15.8 Å². The number of pyridine rings is 1. The molecule has 1 aromatic carbocycles. The van der Waals surface area contributed by atoms with E-state index >= 15 is 0 Å². The van der Waals surface area contributed by atoms with Crippen molar-refractivity contribution < 1.29 is 13.2 Å². The molecule has 0 amide bonds. The molecule has 3 rings (SSSR count). The molecule has 1 atom stereocenters. The van der Waals surface area contributed by atoms with E-state index in [-0.39, 0.29) is 47.4 Å². The zero-order chi connectivity index (χ0) is 17.9. The number of benzene rings is 1. The highest BCUT2D eigenvalue weighted by Gasteiger charge is 2.21. The molecule has 1 aromatic heterocycles. The Labute approximate surface area is 170 Å². The second kappa shape index (κ2) is 8.67. The Balaban J connectivity index is 0.00000243. The number of guanidine groups is 1. The number of rotatable bonds is 4. The van der Waals surface area contributed by atoms with Crippen molar-refractivity contribution in [2.45, 2.75) is 23.9 Å². The molecule has 1 unspecified atom stereocenters. The van der Waals surface area contributed by atoms with Crippen LogP contribution in [0.25, 0.3) is 0 Å². The van der Waals surface area contributed by atoms with Gasteiger partial charge in [0.2, 0.25) is 0 Å². The normalized spacial score (nSPS) is 16.8. The first-order chi connectivity index (χ1) is 11.9. The van der Waals surface area contributed by atoms with Gasteiger partial charge in [0.1, 0.15) is 5.75 Å². The molecule has 0 aliphatic carbocycles. The van der Waals surface area contributed by atoms with E-state index in [1.165, 1.54) is 12.3 Å². The second-order valence-corrected chi connectivity index (χ2v) is 7.78. The van der Waals surface area contributed by atoms with E-state index in [1.54, 1.807) is 6.07 Å². The molecule has 0 saturated heterocycles. The minimum absolute atomic E-state index is 0. The number of aromatic nitrogens is 1. The summed E-state index contributed by atoms with van der Waals surface area (Å²) < 4.78 is 29.2. The minimum Gasteiger partial charge on any atom is -0.493 e. The van der Waals surface area contributed by atoms with Gasteiger partial charge in [-0.2, -0.15) is 0 Å². The predicted molar refractivity (Wildman–Crippen MR) is 111 cm³/mol. The Morgan fingerprint density at radius 3 is 2.88 bits per heavy atom. The zero-order valence-electron chi connectivity index (χ0n) is 14.3. The van der Waals surface area contributed by atoms with E-state index in [2.05, 4.69) is 15.3 Å². The summed E-state index contributed by atoms with van der Waals surface area (Å²) in [6.45, 7) is 0.688. The van der Waals surface area contributed by atoms with Gasteiger partial charge in [-0.05, 0) is 18.2 Å². The minimum atomic E-state index is -3.36. The number of nitrogens with one attached hydrogen (secondary N) is 1. The van der Waals surface area contributed by atoms with Crippen molar-refractivity contribution in [1.29, 1.82) is 0 Å². The lowest BCUT2D eigenvalue weighted by Gasteiger charge is -2.26. The van der Waals surface area contributed by atoms with Gasteiger partial charge >= 0.3 is 0 Å². The third kappa shape index (κ3) is 4.85. The third-order valence-electron chi connectivity index (χ3n) is 3.93. The largest absolute Gasteiger partial charge is 0.493 e. The Bertz CT molecular complexity index is 902. The lowest BCUT2D eigenvalue weighted by molar-refractivity contribution is 0.262. The Hall–Kier alpha value is -1.88. The number of nitrogens with two attached hydrogens (primary N) is 1. The Morgan fingerprint density at radius 1 is 1.35 bits per heavy atom. The van der Waals surface area contributed by atoms with Gasteiger partial charge in [-0.3, -0.25) is 4.98 Å². The molecule has 2 heterocycles. The van der Waals surface area contributed by atoms with Crippen LogP contribution in [0.5, 0.6) is 5.75 Å². The Morgan fingerprint density at radius 2 is 2.12 bits per heavy atom. The molecule has 0 radical (unpaired) electrons. The van der Waals surface area contributed by atoms with Crippen LogP contribution in [-0.2, 0) is 16.4 Å². The van der Waals surface area contributed by atoms with Gasteiger partial charge < -0.3 is 15.8 Å². The van der Waals surface area contributed by atoms with Crippen molar-refractivity contribution in [1.82, 2.24) is 10.3 Å². The smallest absolute Gasteiger partial charge is 0.189 e. The summed E-state index contributed by atoms with van der Waals surface area (Å²) in [6.07, 6.45) is 3.46. The molecule has 0 saturated carbocycles. The lowest BCUT2D eigenvalue weighted by atomic mass is 10.0. The number of sulfone groups is 1. The summed E-state index contributed by atoms with van der Waals surface area (Å²) in [5.74, 6) is 1.08. The number of halogens is 1. The van der Waals surface area contributed by atoms with Crippen LogP contribution in [0.2, 0.25) is 0 Å². The lowest BCUT2D eigenvalue weighted by Crippen LogP contribution is -2.37. The van der Waals surface area contributed by atoms with Gasteiger partial charge in [-0.25, -0.2) is 13.4 Å². The average molecular weight is 488 g/mol.